The minimum absolute atomic E-state index is 0.0793. The van der Waals surface area contributed by atoms with Crippen molar-refractivity contribution in [2.24, 2.45) is 0 Å². The minimum Gasteiger partial charge on any atom is -0.381 e. The van der Waals surface area contributed by atoms with Crippen LogP contribution in [-0.2, 0) is 6.18 Å². The van der Waals surface area contributed by atoms with Crippen LogP contribution in [0.3, 0.4) is 0 Å². The van der Waals surface area contributed by atoms with Gasteiger partial charge in [-0.3, -0.25) is 5.10 Å². The fourth-order valence-corrected chi connectivity index (χ4v) is 1.02. The number of alkyl halides is 3. The Balaban J connectivity index is 2.90. The molecule has 1 aromatic rings. The summed E-state index contributed by atoms with van der Waals surface area (Å²) >= 11 is 0. The molecule has 0 aromatic carbocycles. The second kappa shape index (κ2) is 4.20. The van der Waals surface area contributed by atoms with Crippen LogP contribution in [0.2, 0.25) is 0 Å². The van der Waals surface area contributed by atoms with Gasteiger partial charge in [-0.25, -0.2) is 0 Å². The van der Waals surface area contributed by atoms with Gasteiger partial charge in [0.05, 0.1) is 6.20 Å². The molecule has 0 spiro atoms. The van der Waals surface area contributed by atoms with Gasteiger partial charge < -0.3 is 5.32 Å². The average Bonchev–Trinajstić information content (AvgIpc) is 2.61. The lowest BCUT2D eigenvalue weighted by Crippen LogP contribution is -2.15. The van der Waals surface area contributed by atoms with Gasteiger partial charge in [-0.05, 0) is 0 Å². The van der Waals surface area contributed by atoms with Crippen molar-refractivity contribution in [1.29, 1.82) is 0 Å². The Morgan fingerprint density at radius 2 is 2.27 bits per heavy atom. The summed E-state index contributed by atoms with van der Waals surface area (Å²) in [6, 6.07) is 0. The molecule has 15 heavy (non-hydrogen) atoms. The molecule has 6 heteroatoms. The Labute approximate surface area is 84.7 Å². The SMILES string of the molecule is C=CCNC(=C)c1cn[nH]c1C(F)(F)F. The number of rotatable bonds is 4. The molecule has 0 saturated heterocycles. The van der Waals surface area contributed by atoms with Gasteiger partial charge in [-0.1, -0.05) is 12.7 Å². The van der Waals surface area contributed by atoms with Crippen molar-refractivity contribution in [3.8, 4) is 0 Å². The Morgan fingerprint density at radius 1 is 1.60 bits per heavy atom. The van der Waals surface area contributed by atoms with Gasteiger partial charge in [-0.15, -0.1) is 6.58 Å². The minimum atomic E-state index is -4.45. The molecular weight excluding hydrogens is 207 g/mol. The summed E-state index contributed by atoms with van der Waals surface area (Å²) in [6.45, 7) is 7.27. The number of aromatic nitrogens is 2. The van der Waals surface area contributed by atoms with Crippen LogP contribution in [0, 0.1) is 0 Å². The summed E-state index contributed by atoms with van der Waals surface area (Å²) in [5, 5.41) is 7.92. The first-order chi connectivity index (χ1) is 6.96. The standard InChI is InChI=1S/C9H10F3N3/c1-3-4-13-6(2)7-5-14-15-8(7)9(10,11)12/h3,5,13H,1-2,4H2,(H,14,15). The molecule has 3 nitrogen and oxygen atoms in total. The summed E-state index contributed by atoms with van der Waals surface area (Å²) in [6.07, 6.45) is -1.84. The predicted molar refractivity (Wildman–Crippen MR) is 50.8 cm³/mol. The Hall–Kier alpha value is -1.72. The van der Waals surface area contributed by atoms with E-state index in [0.717, 1.165) is 6.20 Å². The highest BCUT2D eigenvalue weighted by Crippen LogP contribution is 2.31. The van der Waals surface area contributed by atoms with Crippen molar-refractivity contribution >= 4 is 5.70 Å². The lowest BCUT2D eigenvalue weighted by Gasteiger charge is -2.09. The zero-order valence-corrected chi connectivity index (χ0v) is 7.86. The van der Waals surface area contributed by atoms with E-state index in [9.17, 15) is 13.2 Å². The molecule has 0 atom stereocenters. The topological polar surface area (TPSA) is 40.7 Å². The summed E-state index contributed by atoms with van der Waals surface area (Å²) in [5.41, 5.74) is -0.815. The van der Waals surface area contributed by atoms with Gasteiger partial charge in [0.1, 0.15) is 5.69 Å². The number of halogens is 3. The van der Waals surface area contributed by atoms with Crippen LogP contribution < -0.4 is 5.32 Å². The van der Waals surface area contributed by atoms with Gasteiger partial charge in [0.15, 0.2) is 0 Å². The van der Waals surface area contributed by atoms with E-state index in [1.807, 2.05) is 5.10 Å². The van der Waals surface area contributed by atoms with E-state index in [2.05, 4.69) is 23.6 Å². The van der Waals surface area contributed by atoms with E-state index in [1.54, 1.807) is 0 Å². The Kier molecular flexibility index (Phi) is 3.18. The molecule has 1 aromatic heterocycles. The van der Waals surface area contributed by atoms with Crippen LogP contribution in [0.25, 0.3) is 5.70 Å². The zero-order valence-electron chi connectivity index (χ0n) is 7.86. The quantitative estimate of drug-likeness (QED) is 0.759. The fraction of sp³-hybridized carbons (Fsp3) is 0.222. The normalized spacial score (nSPS) is 11.1. The van der Waals surface area contributed by atoms with E-state index in [4.69, 9.17) is 0 Å². The molecule has 0 aliphatic rings. The van der Waals surface area contributed by atoms with Crippen molar-refractivity contribution in [2.75, 3.05) is 6.54 Å². The van der Waals surface area contributed by atoms with Crippen molar-refractivity contribution < 1.29 is 13.2 Å². The lowest BCUT2D eigenvalue weighted by molar-refractivity contribution is -0.141. The maximum absolute atomic E-state index is 12.4. The van der Waals surface area contributed by atoms with Crippen LogP contribution in [-0.4, -0.2) is 16.7 Å². The van der Waals surface area contributed by atoms with Crippen molar-refractivity contribution in [2.45, 2.75) is 6.18 Å². The highest BCUT2D eigenvalue weighted by molar-refractivity contribution is 5.63. The molecule has 0 bridgehead atoms. The van der Waals surface area contributed by atoms with Gasteiger partial charge in [0, 0.05) is 17.8 Å². The van der Waals surface area contributed by atoms with E-state index in [0.29, 0.717) is 6.54 Å². The molecule has 0 fully saturated rings. The van der Waals surface area contributed by atoms with E-state index in [-0.39, 0.29) is 11.3 Å². The van der Waals surface area contributed by atoms with Crippen LogP contribution in [0.1, 0.15) is 11.3 Å². The molecule has 0 aliphatic carbocycles. The summed E-state index contributed by atoms with van der Waals surface area (Å²) in [5.74, 6) is 0. The second-order valence-corrected chi connectivity index (χ2v) is 2.80. The lowest BCUT2D eigenvalue weighted by atomic mass is 10.2. The molecule has 0 unspecified atom stereocenters. The van der Waals surface area contributed by atoms with Crippen LogP contribution in [0.4, 0.5) is 13.2 Å². The number of hydrogen-bond donors (Lipinski definition) is 2. The molecule has 0 amide bonds. The molecule has 0 aliphatic heterocycles. The van der Waals surface area contributed by atoms with Crippen LogP contribution in [0.5, 0.6) is 0 Å². The van der Waals surface area contributed by atoms with Gasteiger partial charge in [0.25, 0.3) is 0 Å². The molecular formula is C9H10F3N3. The predicted octanol–water partition coefficient (Wildman–Crippen LogP) is 2.17. The molecule has 82 valence electrons. The molecule has 1 heterocycles. The average molecular weight is 217 g/mol. The maximum Gasteiger partial charge on any atom is 0.433 e. The summed E-state index contributed by atoms with van der Waals surface area (Å²) in [7, 11) is 0. The van der Waals surface area contributed by atoms with Crippen molar-refractivity contribution in [3.63, 3.8) is 0 Å². The number of aromatic amines is 1. The van der Waals surface area contributed by atoms with Gasteiger partial charge in [0.2, 0.25) is 0 Å². The molecule has 2 N–H and O–H groups in total. The number of hydrogen-bond acceptors (Lipinski definition) is 2. The second-order valence-electron chi connectivity index (χ2n) is 2.80. The third kappa shape index (κ3) is 2.61. The first-order valence-corrected chi connectivity index (χ1v) is 4.11. The fourth-order valence-electron chi connectivity index (χ4n) is 1.02. The molecule has 0 radical (unpaired) electrons. The zero-order chi connectivity index (χ0) is 11.5. The number of nitrogens with zero attached hydrogens (tertiary/aromatic N) is 1. The van der Waals surface area contributed by atoms with E-state index >= 15 is 0 Å². The van der Waals surface area contributed by atoms with Crippen LogP contribution in [0.15, 0.2) is 25.4 Å². The Bertz CT molecular complexity index is 365. The summed E-state index contributed by atoms with van der Waals surface area (Å²) in [4.78, 5) is 0. The highest BCUT2D eigenvalue weighted by atomic mass is 19.4. The highest BCUT2D eigenvalue weighted by Gasteiger charge is 2.36. The first kappa shape index (κ1) is 11.4. The first-order valence-electron chi connectivity index (χ1n) is 4.11. The molecule has 1 rings (SSSR count). The number of H-pyrrole nitrogens is 1. The smallest absolute Gasteiger partial charge is 0.381 e. The third-order valence-corrected chi connectivity index (χ3v) is 1.71. The van der Waals surface area contributed by atoms with Crippen molar-refractivity contribution in [3.05, 3.63) is 36.7 Å². The summed E-state index contributed by atoms with van der Waals surface area (Å²) < 4.78 is 37.2. The van der Waals surface area contributed by atoms with Crippen molar-refractivity contribution in [1.82, 2.24) is 15.5 Å². The van der Waals surface area contributed by atoms with E-state index < -0.39 is 11.9 Å². The third-order valence-electron chi connectivity index (χ3n) is 1.71. The van der Waals surface area contributed by atoms with Crippen LogP contribution >= 0.6 is 0 Å². The Morgan fingerprint density at radius 3 is 2.80 bits per heavy atom. The largest absolute Gasteiger partial charge is 0.433 e. The molecule has 0 saturated carbocycles. The van der Waals surface area contributed by atoms with E-state index in [1.165, 1.54) is 6.08 Å². The monoisotopic (exact) mass is 217 g/mol. The maximum atomic E-state index is 12.4. The number of nitrogens with one attached hydrogen (secondary N) is 2. The van der Waals surface area contributed by atoms with Gasteiger partial charge in [-0.2, -0.15) is 18.3 Å². The van der Waals surface area contributed by atoms with Gasteiger partial charge >= 0.3 is 6.18 Å².